The van der Waals surface area contributed by atoms with Gasteiger partial charge in [0.25, 0.3) is 5.91 Å². The topological polar surface area (TPSA) is 64.6 Å². The minimum atomic E-state index is -1.02. The monoisotopic (exact) mass is 367 g/mol. The first kappa shape index (κ1) is 19.6. The maximum Gasteiger partial charge on any atom is 0.309 e. The van der Waals surface area contributed by atoms with E-state index in [1.807, 2.05) is 0 Å². The standard InChI is InChI=1S/C19H26ClNO4/c1-19(2,25-15-10-8-14(20)9-11-15)18(23)21-12-13-6-4-5-7-16(13)17(22)24-3/h8-11,13,16H,4-7,12H2,1-3H3,(H,21,23). The van der Waals surface area contributed by atoms with Gasteiger partial charge in [0.1, 0.15) is 5.75 Å². The second kappa shape index (κ2) is 8.56. The van der Waals surface area contributed by atoms with Crippen LogP contribution in [0.3, 0.4) is 0 Å². The van der Waals surface area contributed by atoms with Gasteiger partial charge in [-0.25, -0.2) is 0 Å². The predicted molar refractivity (Wildman–Crippen MR) is 96.6 cm³/mol. The van der Waals surface area contributed by atoms with Gasteiger partial charge in [0.2, 0.25) is 0 Å². The number of rotatable bonds is 6. The number of halogens is 1. The Morgan fingerprint density at radius 1 is 1.20 bits per heavy atom. The van der Waals surface area contributed by atoms with Crippen LogP contribution in [0.15, 0.2) is 24.3 Å². The first-order valence-corrected chi connectivity index (χ1v) is 9.02. The number of hydrogen-bond donors (Lipinski definition) is 1. The number of methoxy groups -OCH3 is 1. The van der Waals surface area contributed by atoms with E-state index in [-0.39, 0.29) is 23.7 Å². The van der Waals surface area contributed by atoms with E-state index in [0.29, 0.717) is 17.3 Å². The van der Waals surface area contributed by atoms with Crippen molar-refractivity contribution in [2.45, 2.75) is 45.1 Å². The van der Waals surface area contributed by atoms with Gasteiger partial charge in [-0.05, 0) is 56.9 Å². The van der Waals surface area contributed by atoms with E-state index in [2.05, 4.69) is 5.32 Å². The Morgan fingerprint density at radius 2 is 1.84 bits per heavy atom. The summed E-state index contributed by atoms with van der Waals surface area (Å²) in [6, 6.07) is 6.89. The van der Waals surface area contributed by atoms with Gasteiger partial charge in [-0.1, -0.05) is 24.4 Å². The van der Waals surface area contributed by atoms with Crippen molar-refractivity contribution >= 4 is 23.5 Å². The van der Waals surface area contributed by atoms with Gasteiger partial charge in [0, 0.05) is 11.6 Å². The lowest BCUT2D eigenvalue weighted by Gasteiger charge is -2.31. The van der Waals surface area contributed by atoms with Crippen LogP contribution in [0.25, 0.3) is 0 Å². The van der Waals surface area contributed by atoms with Gasteiger partial charge >= 0.3 is 5.97 Å². The van der Waals surface area contributed by atoms with Gasteiger partial charge in [-0.2, -0.15) is 0 Å². The van der Waals surface area contributed by atoms with Crippen molar-refractivity contribution in [2.75, 3.05) is 13.7 Å². The smallest absolute Gasteiger partial charge is 0.309 e. The third kappa shape index (κ3) is 5.36. The van der Waals surface area contributed by atoms with E-state index in [0.717, 1.165) is 25.7 Å². The number of esters is 1. The highest BCUT2D eigenvalue weighted by Crippen LogP contribution is 2.30. The lowest BCUT2D eigenvalue weighted by molar-refractivity contribution is -0.149. The Kier molecular flexibility index (Phi) is 6.71. The van der Waals surface area contributed by atoms with Crippen LogP contribution in [0.1, 0.15) is 39.5 Å². The van der Waals surface area contributed by atoms with Crippen LogP contribution in [0, 0.1) is 11.8 Å². The molecule has 1 amide bonds. The first-order chi connectivity index (χ1) is 11.8. The van der Waals surface area contributed by atoms with Crippen molar-refractivity contribution in [3.63, 3.8) is 0 Å². The second-order valence-corrected chi connectivity index (χ2v) is 7.39. The summed E-state index contributed by atoms with van der Waals surface area (Å²) in [4.78, 5) is 24.5. The zero-order valence-corrected chi connectivity index (χ0v) is 15.8. The molecule has 1 aromatic carbocycles. The average Bonchev–Trinajstić information content (AvgIpc) is 2.61. The van der Waals surface area contributed by atoms with Gasteiger partial charge in [0.05, 0.1) is 13.0 Å². The minimum Gasteiger partial charge on any atom is -0.478 e. The number of benzene rings is 1. The second-order valence-electron chi connectivity index (χ2n) is 6.95. The summed E-state index contributed by atoms with van der Waals surface area (Å²) in [5, 5.41) is 3.55. The molecule has 0 aliphatic heterocycles. The molecule has 0 bridgehead atoms. The molecular weight excluding hydrogens is 342 g/mol. The number of carbonyl (C=O) groups excluding carboxylic acids is 2. The molecule has 1 fully saturated rings. The molecule has 0 saturated heterocycles. The Hall–Kier alpha value is -1.75. The first-order valence-electron chi connectivity index (χ1n) is 8.64. The van der Waals surface area contributed by atoms with Gasteiger partial charge in [0.15, 0.2) is 5.60 Å². The van der Waals surface area contributed by atoms with Gasteiger partial charge < -0.3 is 14.8 Å². The molecule has 6 heteroatoms. The number of carbonyl (C=O) groups is 2. The molecule has 2 rings (SSSR count). The summed E-state index contributed by atoms with van der Waals surface area (Å²) in [5.74, 6) is 0.151. The van der Waals surface area contributed by atoms with Crippen molar-refractivity contribution in [3.8, 4) is 5.75 Å². The van der Waals surface area contributed by atoms with Crippen LogP contribution in [0.5, 0.6) is 5.75 Å². The molecule has 1 aromatic rings. The molecule has 0 radical (unpaired) electrons. The highest BCUT2D eigenvalue weighted by Gasteiger charge is 2.34. The fraction of sp³-hybridized carbons (Fsp3) is 0.579. The molecule has 25 heavy (non-hydrogen) atoms. The van der Waals surface area contributed by atoms with E-state index in [9.17, 15) is 9.59 Å². The number of nitrogens with one attached hydrogen (secondary N) is 1. The van der Waals surface area contributed by atoms with Crippen LogP contribution in [-0.2, 0) is 14.3 Å². The van der Waals surface area contributed by atoms with Crippen molar-refractivity contribution < 1.29 is 19.1 Å². The molecule has 2 atom stereocenters. The van der Waals surface area contributed by atoms with Crippen molar-refractivity contribution in [1.82, 2.24) is 5.32 Å². The minimum absolute atomic E-state index is 0.108. The lowest BCUT2D eigenvalue weighted by Crippen LogP contribution is -2.49. The summed E-state index contributed by atoms with van der Waals surface area (Å²) in [6.07, 6.45) is 3.82. The van der Waals surface area contributed by atoms with Crippen molar-refractivity contribution in [3.05, 3.63) is 29.3 Å². The Morgan fingerprint density at radius 3 is 2.48 bits per heavy atom. The van der Waals surface area contributed by atoms with Gasteiger partial charge in [-0.3, -0.25) is 9.59 Å². The average molecular weight is 368 g/mol. The fourth-order valence-corrected chi connectivity index (χ4v) is 3.32. The van der Waals surface area contributed by atoms with E-state index in [1.54, 1.807) is 38.1 Å². The maximum atomic E-state index is 12.5. The van der Waals surface area contributed by atoms with Gasteiger partial charge in [-0.15, -0.1) is 0 Å². The zero-order valence-electron chi connectivity index (χ0n) is 15.0. The normalized spacial score (nSPS) is 20.6. The maximum absolute atomic E-state index is 12.5. The molecule has 5 nitrogen and oxygen atoms in total. The Bertz CT molecular complexity index is 600. The zero-order chi connectivity index (χ0) is 18.4. The van der Waals surface area contributed by atoms with Crippen LogP contribution in [0.2, 0.25) is 5.02 Å². The Labute approximate surface area is 154 Å². The molecule has 1 saturated carbocycles. The molecule has 0 spiro atoms. The van der Waals surface area contributed by atoms with E-state index >= 15 is 0 Å². The third-order valence-electron chi connectivity index (χ3n) is 4.67. The van der Waals surface area contributed by atoms with Crippen LogP contribution < -0.4 is 10.1 Å². The highest BCUT2D eigenvalue weighted by molar-refractivity contribution is 6.30. The quantitative estimate of drug-likeness (QED) is 0.780. The molecule has 1 aliphatic carbocycles. The third-order valence-corrected chi connectivity index (χ3v) is 4.92. The number of hydrogen-bond acceptors (Lipinski definition) is 4. The van der Waals surface area contributed by atoms with E-state index in [4.69, 9.17) is 21.1 Å². The Balaban J connectivity index is 1.93. The molecule has 1 N–H and O–H groups in total. The summed E-state index contributed by atoms with van der Waals surface area (Å²) in [7, 11) is 1.41. The summed E-state index contributed by atoms with van der Waals surface area (Å²) < 4.78 is 10.7. The summed E-state index contributed by atoms with van der Waals surface area (Å²) in [5.41, 5.74) is -1.02. The van der Waals surface area contributed by atoms with E-state index < -0.39 is 5.60 Å². The molecule has 2 unspecified atom stereocenters. The highest BCUT2D eigenvalue weighted by atomic mass is 35.5. The number of ether oxygens (including phenoxy) is 2. The molecular formula is C19H26ClNO4. The lowest BCUT2D eigenvalue weighted by atomic mass is 9.79. The molecule has 0 aromatic heterocycles. The SMILES string of the molecule is COC(=O)C1CCCCC1CNC(=O)C(C)(C)Oc1ccc(Cl)cc1. The summed E-state index contributed by atoms with van der Waals surface area (Å²) in [6.45, 7) is 3.89. The van der Waals surface area contributed by atoms with E-state index in [1.165, 1.54) is 7.11 Å². The van der Waals surface area contributed by atoms with Crippen LogP contribution >= 0.6 is 11.6 Å². The van der Waals surface area contributed by atoms with Crippen molar-refractivity contribution in [2.24, 2.45) is 11.8 Å². The molecule has 138 valence electrons. The fourth-order valence-electron chi connectivity index (χ4n) is 3.19. The van der Waals surface area contributed by atoms with Crippen LogP contribution in [0.4, 0.5) is 0 Å². The molecule has 1 aliphatic rings. The van der Waals surface area contributed by atoms with Crippen molar-refractivity contribution in [1.29, 1.82) is 0 Å². The number of amides is 1. The predicted octanol–water partition coefficient (Wildman–Crippen LogP) is 3.59. The largest absolute Gasteiger partial charge is 0.478 e. The summed E-state index contributed by atoms with van der Waals surface area (Å²) >= 11 is 5.86. The van der Waals surface area contributed by atoms with Crippen LogP contribution in [-0.4, -0.2) is 31.1 Å². The molecule has 0 heterocycles.